The number of hydrazone groups is 1. The van der Waals surface area contributed by atoms with Gasteiger partial charge in [-0.2, -0.15) is 17.7 Å². The van der Waals surface area contributed by atoms with Crippen LogP contribution in [0.2, 0.25) is 0 Å². The monoisotopic (exact) mass is 317 g/mol. The van der Waals surface area contributed by atoms with Crippen LogP contribution in [0.1, 0.15) is 32.3 Å². The van der Waals surface area contributed by atoms with E-state index in [1.54, 1.807) is 6.92 Å². The first-order valence-corrected chi connectivity index (χ1v) is 7.89. The summed E-state index contributed by atoms with van der Waals surface area (Å²) in [6.07, 6.45) is 1.53. The Labute approximate surface area is 135 Å². The largest absolute Gasteiger partial charge is 0.325 e. The van der Waals surface area contributed by atoms with Gasteiger partial charge in [0.15, 0.2) is 0 Å². The van der Waals surface area contributed by atoms with Crippen LogP contribution in [0.15, 0.2) is 29.4 Å². The molecule has 3 unspecified atom stereocenters. The lowest BCUT2D eigenvalue weighted by Gasteiger charge is -2.20. The lowest BCUT2D eigenvalue weighted by atomic mass is 10.0. The zero-order valence-corrected chi connectivity index (χ0v) is 13.5. The van der Waals surface area contributed by atoms with Crippen molar-refractivity contribution in [1.29, 1.82) is 0 Å². The molecule has 1 aliphatic heterocycles. The number of benzene rings is 1. The van der Waals surface area contributed by atoms with Crippen LogP contribution in [-0.2, 0) is 9.59 Å². The molecule has 116 valence electrons. The van der Waals surface area contributed by atoms with Crippen molar-refractivity contribution >= 4 is 35.8 Å². The van der Waals surface area contributed by atoms with Crippen LogP contribution in [0.25, 0.3) is 0 Å². The highest BCUT2D eigenvalue weighted by Crippen LogP contribution is 2.43. The third kappa shape index (κ3) is 2.75. The number of amides is 2. The minimum Gasteiger partial charge on any atom is -0.325 e. The summed E-state index contributed by atoms with van der Waals surface area (Å²) in [5, 5.41) is 7.03. The van der Waals surface area contributed by atoms with Gasteiger partial charge in [0.2, 0.25) is 11.8 Å². The first-order chi connectivity index (χ1) is 10.4. The van der Waals surface area contributed by atoms with Crippen molar-refractivity contribution in [1.82, 2.24) is 5.43 Å². The van der Waals surface area contributed by atoms with Crippen LogP contribution in [0.5, 0.6) is 0 Å². The molecule has 0 spiro atoms. The zero-order chi connectivity index (χ0) is 15.9. The Balaban J connectivity index is 1.71. The van der Waals surface area contributed by atoms with E-state index in [0.29, 0.717) is 6.42 Å². The number of hydrogen-bond donors (Lipinski definition) is 3. The molecule has 0 saturated heterocycles. The number of nitrogens with zero attached hydrogens (tertiary/aromatic N) is 1. The average molecular weight is 317 g/mol. The van der Waals surface area contributed by atoms with Gasteiger partial charge >= 0.3 is 0 Å². The predicted octanol–water partition coefficient (Wildman–Crippen LogP) is 2.19. The van der Waals surface area contributed by atoms with Gasteiger partial charge in [0.1, 0.15) is 0 Å². The van der Waals surface area contributed by atoms with E-state index < -0.39 is 4.75 Å². The Morgan fingerprint density at radius 1 is 1.41 bits per heavy atom. The van der Waals surface area contributed by atoms with Gasteiger partial charge in [-0.05, 0) is 37.5 Å². The summed E-state index contributed by atoms with van der Waals surface area (Å²) in [5.74, 6) is 0.234. The molecule has 0 radical (unpaired) electrons. The van der Waals surface area contributed by atoms with Crippen molar-refractivity contribution in [3.63, 3.8) is 0 Å². The fourth-order valence-electron chi connectivity index (χ4n) is 2.50. The Morgan fingerprint density at radius 2 is 2.09 bits per heavy atom. The van der Waals surface area contributed by atoms with E-state index in [9.17, 15) is 9.59 Å². The molecule has 1 heterocycles. The predicted molar refractivity (Wildman–Crippen MR) is 89.0 cm³/mol. The van der Waals surface area contributed by atoms with Crippen molar-refractivity contribution in [3.8, 4) is 0 Å². The van der Waals surface area contributed by atoms with Gasteiger partial charge in [-0.15, -0.1) is 0 Å². The van der Waals surface area contributed by atoms with Crippen molar-refractivity contribution in [2.45, 2.75) is 31.4 Å². The minimum atomic E-state index is -0.683. The second-order valence-electron chi connectivity index (χ2n) is 6.08. The van der Waals surface area contributed by atoms with Gasteiger partial charge in [0.25, 0.3) is 0 Å². The van der Waals surface area contributed by atoms with Crippen LogP contribution in [0.3, 0.4) is 0 Å². The Kier molecular flexibility index (Phi) is 3.72. The van der Waals surface area contributed by atoms with E-state index in [0.717, 1.165) is 23.4 Å². The fourth-order valence-corrected chi connectivity index (χ4v) is 2.55. The highest BCUT2D eigenvalue weighted by atomic mass is 32.1. The molecular formula is C16H19N3O2S. The standard InChI is InChI=1S/C16H19N3O2S/c1-3-16(2,22)15(21)17-10-6-4-9(5-7-10)13-11-8-12(11)14(20)19-18-13/h4-7,11-12,22H,3,8H2,1-2H3,(H,17,21)(H,19,20). The zero-order valence-electron chi connectivity index (χ0n) is 12.6. The van der Waals surface area contributed by atoms with Gasteiger partial charge < -0.3 is 5.32 Å². The minimum absolute atomic E-state index is 0.0188. The number of carbonyl (C=O) groups is 2. The smallest absolute Gasteiger partial charge is 0.243 e. The first-order valence-electron chi connectivity index (χ1n) is 7.44. The number of thiol groups is 1. The number of nitrogens with one attached hydrogen (secondary N) is 2. The average Bonchev–Trinajstić information content (AvgIpc) is 3.30. The van der Waals surface area contributed by atoms with Crippen molar-refractivity contribution in [2.24, 2.45) is 16.9 Å². The summed E-state index contributed by atoms with van der Waals surface area (Å²) in [6, 6.07) is 7.54. The van der Waals surface area contributed by atoms with E-state index in [2.05, 4.69) is 28.5 Å². The van der Waals surface area contributed by atoms with Crippen LogP contribution >= 0.6 is 12.6 Å². The lowest BCUT2D eigenvalue weighted by molar-refractivity contribution is -0.122. The molecular weight excluding hydrogens is 298 g/mol. The summed E-state index contributed by atoms with van der Waals surface area (Å²) in [5.41, 5.74) is 5.20. The van der Waals surface area contributed by atoms with Crippen LogP contribution in [-0.4, -0.2) is 22.3 Å². The van der Waals surface area contributed by atoms with Crippen LogP contribution < -0.4 is 10.7 Å². The van der Waals surface area contributed by atoms with E-state index in [1.807, 2.05) is 31.2 Å². The van der Waals surface area contributed by atoms with Crippen molar-refractivity contribution in [2.75, 3.05) is 5.32 Å². The normalized spacial score (nSPS) is 25.4. The van der Waals surface area contributed by atoms with Crippen LogP contribution in [0, 0.1) is 11.8 Å². The topological polar surface area (TPSA) is 70.6 Å². The number of rotatable bonds is 4. The molecule has 0 bridgehead atoms. The van der Waals surface area contributed by atoms with Crippen molar-refractivity contribution in [3.05, 3.63) is 29.8 Å². The maximum atomic E-state index is 12.1. The second-order valence-corrected chi connectivity index (χ2v) is 7.07. The van der Waals surface area contributed by atoms with E-state index >= 15 is 0 Å². The molecule has 1 aliphatic carbocycles. The molecule has 2 amide bonds. The molecule has 1 aromatic carbocycles. The number of carbonyl (C=O) groups excluding carboxylic acids is 2. The van der Waals surface area contributed by atoms with E-state index in [4.69, 9.17) is 0 Å². The molecule has 0 aromatic heterocycles. The maximum absolute atomic E-state index is 12.1. The van der Waals surface area contributed by atoms with Gasteiger partial charge in [0, 0.05) is 17.5 Å². The molecule has 6 heteroatoms. The number of hydrogen-bond acceptors (Lipinski definition) is 4. The summed E-state index contributed by atoms with van der Waals surface area (Å²) < 4.78 is -0.683. The van der Waals surface area contributed by atoms with Gasteiger partial charge in [0.05, 0.1) is 10.5 Å². The van der Waals surface area contributed by atoms with Crippen LogP contribution in [0.4, 0.5) is 5.69 Å². The molecule has 1 aromatic rings. The first kappa shape index (κ1) is 15.1. The molecule has 5 nitrogen and oxygen atoms in total. The van der Waals surface area contributed by atoms with E-state index in [1.165, 1.54) is 0 Å². The van der Waals surface area contributed by atoms with Gasteiger partial charge in [-0.3, -0.25) is 9.59 Å². The Morgan fingerprint density at radius 3 is 2.73 bits per heavy atom. The molecule has 1 fully saturated rings. The van der Waals surface area contributed by atoms with E-state index in [-0.39, 0.29) is 23.7 Å². The van der Waals surface area contributed by atoms with Gasteiger partial charge in [-0.1, -0.05) is 19.1 Å². The maximum Gasteiger partial charge on any atom is 0.243 e. The van der Waals surface area contributed by atoms with Gasteiger partial charge in [-0.25, -0.2) is 5.43 Å². The third-order valence-electron chi connectivity index (χ3n) is 4.38. The summed E-state index contributed by atoms with van der Waals surface area (Å²) in [7, 11) is 0. The quantitative estimate of drug-likeness (QED) is 0.745. The highest BCUT2D eigenvalue weighted by Gasteiger charge is 2.49. The molecule has 1 saturated carbocycles. The number of fused-ring (bicyclic) bond motifs is 1. The number of anilines is 1. The molecule has 2 N–H and O–H groups in total. The summed E-state index contributed by atoms with van der Waals surface area (Å²) >= 11 is 4.37. The molecule has 3 atom stereocenters. The summed E-state index contributed by atoms with van der Waals surface area (Å²) in [6.45, 7) is 3.73. The second kappa shape index (κ2) is 5.43. The Bertz CT molecular complexity index is 652. The third-order valence-corrected chi connectivity index (χ3v) is 4.90. The molecule has 2 aliphatic rings. The Hall–Kier alpha value is -1.82. The highest BCUT2D eigenvalue weighted by molar-refractivity contribution is 7.82. The lowest BCUT2D eigenvalue weighted by Crippen LogP contribution is -2.34. The molecule has 22 heavy (non-hydrogen) atoms. The van der Waals surface area contributed by atoms with Crippen molar-refractivity contribution < 1.29 is 9.59 Å². The SMILES string of the molecule is CCC(C)(S)C(=O)Nc1ccc(C2=NNC(=O)C3CC23)cc1. The molecule has 3 rings (SSSR count). The fraction of sp³-hybridized carbons (Fsp3) is 0.438. The summed E-state index contributed by atoms with van der Waals surface area (Å²) in [4.78, 5) is 23.5.